The van der Waals surface area contributed by atoms with Crippen LogP contribution >= 0.6 is 0 Å². The maximum atomic E-state index is 5.97. The highest BCUT2D eigenvalue weighted by Crippen LogP contribution is 2.32. The fraction of sp³-hybridized carbons (Fsp3) is 0.471. The van der Waals surface area contributed by atoms with Crippen LogP contribution in [0.5, 0.6) is 0 Å². The van der Waals surface area contributed by atoms with Crippen LogP contribution in [0.1, 0.15) is 43.2 Å². The molecule has 0 spiro atoms. The zero-order valence-corrected chi connectivity index (χ0v) is 13.5. The summed E-state index contributed by atoms with van der Waals surface area (Å²) >= 11 is 0. The van der Waals surface area contributed by atoms with Gasteiger partial charge in [0.05, 0.1) is 11.2 Å². The predicted octanol–water partition coefficient (Wildman–Crippen LogP) is 2.92. The molecule has 0 unspecified atom stereocenters. The molecule has 2 aromatic heterocycles. The first kappa shape index (κ1) is 14.4. The summed E-state index contributed by atoms with van der Waals surface area (Å²) in [5, 5.41) is 9.78. The van der Waals surface area contributed by atoms with Gasteiger partial charge in [-0.1, -0.05) is 17.3 Å². The van der Waals surface area contributed by atoms with Gasteiger partial charge in [-0.25, -0.2) is 0 Å². The largest absolute Gasteiger partial charge is 0.339 e. The Kier molecular flexibility index (Phi) is 3.41. The zero-order chi connectivity index (χ0) is 16.0. The van der Waals surface area contributed by atoms with Gasteiger partial charge < -0.3 is 10.3 Å². The van der Waals surface area contributed by atoms with Gasteiger partial charge in [0.2, 0.25) is 11.7 Å². The van der Waals surface area contributed by atoms with E-state index in [1.165, 1.54) is 0 Å². The summed E-state index contributed by atoms with van der Waals surface area (Å²) in [4.78, 5) is 4.62. The molecule has 1 aliphatic carbocycles. The van der Waals surface area contributed by atoms with Crippen molar-refractivity contribution in [2.45, 2.75) is 44.6 Å². The van der Waals surface area contributed by atoms with E-state index in [1.54, 1.807) is 0 Å². The number of fused-ring (bicyclic) bond motifs is 1. The number of rotatable bonds is 2. The molecule has 0 saturated heterocycles. The van der Waals surface area contributed by atoms with Crippen molar-refractivity contribution >= 4 is 10.9 Å². The van der Waals surface area contributed by atoms with E-state index in [4.69, 9.17) is 10.3 Å². The van der Waals surface area contributed by atoms with Gasteiger partial charge in [-0.2, -0.15) is 10.1 Å². The van der Waals surface area contributed by atoms with E-state index in [9.17, 15) is 0 Å². The molecule has 6 heteroatoms. The maximum absolute atomic E-state index is 5.97. The van der Waals surface area contributed by atoms with Gasteiger partial charge in [0.25, 0.3) is 0 Å². The zero-order valence-electron chi connectivity index (χ0n) is 13.5. The van der Waals surface area contributed by atoms with Crippen LogP contribution < -0.4 is 5.73 Å². The first-order valence-electron chi connectivity index (χ1n) is 8.14. The van der Waals surface area contributed by atoms with Crippen molar-refractivity contribution in [1.82, 2.24) is 19.9 Å². The van der Waals surface area contributed by atoms with Crippen LogP contribution in [-0.2, 0) is 7.05 Å². The normalized spacial score (nSPS) is 21.9. The molecule has 1 saturated carbocycles. The van der Waals surface area contributed by atoms with E-state index >= 15 is 0 Å². The molecule has 0 radical (unpaired) electrons. The molecule has 1 aliphatic rings. The summed E-state index contributed by atoms with van der Waals surface area (Å²) in [5.74, 6) is 1.74. The van der Waals surface area contributed by atoms with Crippen molar-refractivity contribution in [3.8, 4) is 11.4 Å². The molecule has 1 fully saturated rings. The molecule has 0 atom stereocenters. The summed E-state index contributed by atoms with van der Waals surface area (Å²) in [7, 11) is 1.95. The standard InChI is InChI=1S/C17H21N5O/c1-10-14-8-5-12(9-15(14)22(2)20-10)16-19-17(23-21-16)11-3-6-13(18)7-4-11/h5,8-9,11,13H,3-4,6-7,18H2,1-2H3. The lowest BCUT2D eigenvalue weighted by Gasteiger charge is -2.22. The molecule has 1 aromatic carbocycles. The van der Waals surface area contributed by atoms with Gasteiger partial charge in [0.15, 0.2) is 0 Å². The highest BCUT2D eigenvalue weighted by atomic mass is 16.5. The molecule has 3 aromatic rings. The molecule has 2 heterocycles. The first-order valence-corrected chi connectivity index (χ1v) is 8.14. The Bertz CT molecular complexity index is 842. The lowest BCUT2D eigenvalue weighted by Crippen LogP contribution is -2.25. The Morgan fingerprint density at radius 3 is 2.78 bits per heavy atom. The van der Waals surface area contributed by atoms with Crippen LogP contribution in [0.4, 0.5) is 0 Å². The minimum atomic E-state index is 0.323. The van der Waals surface area contributed by atoms with Gasteiger partial charge >= 0.3 is 0 Å². The van der Waals surface area contributed by atoms with Crippen LogP contribution in [0.15, 0.2) is 22.7 Å². The third-order valence-electron chi connectivity index (χ3n) is 4.86. The van der Waals surface area contributed by atoms with E-state index in [1.807, 2.05) is 24.7 Å². The molecular weight excluding hydrogens is 290 g/mol. The average Bonchev–Trinajstić information content (AvgIpc) is 3.14. The fourth-order valence-electron chi connectivity index (χ4n) is 3.46. The highest BCUT2D eigenvalue weighted by Gasteiger charge is 2.25. The van der Waals surface area contributed by atoms with Gasteiger partial charge in [-0.05, 0) is 38.7 Å². The van der Waals surface area contributed by atoms with Crippen molar-refractivity contribution in [3.63, 3.8) is 0 Å². The third kappa shape index (κ3) is 2.53. The molecule has 23 heavy (non-hydrogen) atoms. The number of aryl methyl sites for hydroxylation is 2. The van der Waals surface area contributed by atoms with Crippen LogP contribution in [0.2, 0.25) is 0 Å². The summed E-state index contributed by atoms with van der Waals surface area (Å²) in [5.41, 5.74) is 9.03. The Morgan fingerprint density at radius 2 is 2.00 bits per heavy atom. The van der Waals surface area contributed by atoms with E-state index in [0.29, 0.717) is 17.8 Å². The first-order chi connectivity index (χ1) is 11.1. The van der Waals surface area contributed by atoms with Crippen molar-refractivity contribution in [3.05, 3.63) is 29.8 Å². The smallest absolute Gasteiger partial charge is 0.230 e. The minimum Gasteiger partial charge on any atom is -0.339 e. The second kappa shape index (κ2) is 5.45. The molecule has 4 rings (SSSR count). The van der Waals surface area contributed by atoms with Crippen LogP contribution in [-0.4, -0.2) is 26.0 Å². The molecule has 6 nitrogen and oxygen atoms in total. The van der Waals surface area contributed by atoms with Gasteiger partial charge in [0, 0.05) is 30.0 Å². The molecular formula is C17H21N5O. The Balaban J connectivity index is 1.65. The van der Waals surface area contributed by atoms with Crippen molar-refractivity contribution < 1.29 is 4.52 Å². The van der Waals surface area contributed by atoms with Crippen LogP contribution in [0, 0.1) is 6.92 Å². The number of nitrogens with zero attached hydrogens (tertiary/aromatic N) is 4. The number of hydrogen-bond acceptors (Lipinski definition) is 5. The second-order valence-electron chi connectivity index (χ2n) is 6.51. The molecule has 0 aliphatic heterocycles. The molecule has 0 amide bonds. The topological polar surface area (TPSA) is 82.8 Å². The average molecular weight is 311 g/mol. The van der Waals surface area contributed by atoms with Crippen molar-refractivity contribution in [2.75, 3.05) is 0 Å². The van der Waals surface area contributed by atoms with Crippen molar-refractivity contribution in [2.24, 2.45) is 12.8 Å². The Labute approximate surface area is 134 Å². The highest BCUT2D eigenvalue weighted by molar-refractivity contribution is 5.85. The summed E-state index contributed by atoms with van der Waals surface area (Å²) in [6.45, 7) is 2.02. The summed E-state index contributed by atoms with van der Waals surface area (Å²) < 4.78 is 7.40. The number of aromatic nitrogens is 4. The lowest BCUT2D eigenvalue weighted by atomic mass is 9.86. The Hall–Kier alpha value is -2.21. The van der Waals surface area contributed by atoms with Crippen molar-refractivity contribution in [1.29, 1.82) is 0 Å². The fourth-order valence-corrected chi connectivity index (χ4v) is 3.46. The van der Waals surface area contributed by atoms with Gasteiger partial charge in [0.1, 0.15) is 0 Å². The molecule has 0 bridgehead atoms. The van der Waals surface area contributed by atoms with E-state index in [0.717, 1.165) is 53.7 Å². The quantitative estimate of drug-likeness (QED) is 0.786. The summed E-state index contributed by atoms with van der Waals surface area (Å²) in [6, 6.07) is 6.50. The second-order valence-corrected chi connectivity index (χ2v) is 6.51. The lowest BCUT2D eigenvalue weighted by molar-refractivity contribution is 0.301. The number of hydrogen-bond donors (Lipinski definition) is 1. The molecule has 2 N–H and O–H groups in total. The van der Waals surface area contributed by atoms with E-state index in [-0.39, 0.29) is 0 Å². The van der Waals surface area contributed by atoms with Gasteiger partial charge in [-0.3, -0.25) is 4.68 Å². The van der Waals surface area contributed by atoms with Crippen LogP contribution in [0.25, 0.3) is 22.3 Å². The molecule has 120 valence electrons. The Morgan fingerprint density at radius 1 is 1.22 bits per heavy atom. The predicted molar refractivity (Wildman–Crippen MR) is 87.9 cm³/mol. The summed E-state index contributed by atoms with van der Waals surface area (Å²) in [6.07, 6.45) is 4.12. The maximum Gasteiger partial charge on any atom is 0.230 e. The van der Waals surface area contributed by atoms with E-state index < -0.39 is 0 Å². The monoisotopic (exact) mass is 311 g/mol. The van der Waals surface area contributed by atoms with Crippen LogP contribution in [0.3, 0.4) is 0 Å². The third-order valence-corrected chi connectivity index (χ3v) is 4.86. The number of benzene rings is 1. The SMILES string of the molecule is Cc1nn(C)c2cc(-c3noc(C4CCC(N)CC4)n3)ccc12. The minimum absolute atomic E-state index is 0.323. The number of nitrogens with two attached hydrogens (primary N) is 1. The van der Waals surface area contributed by atoms with Gasteiger partial charge in [-0.15, -0.1) is 0 Å². The van der Waals surface area contributed by atoms with E-state index in [2.05, 4.69) is 27.4 Å².